The van der Waals surface area contributed by atoms with Crippen LogP contribution < -0.4 is 10.1 Å². The number of rotatable bonds is 4. The van der Waals surface area contributed by atoms with Crippen molar-refractivity contribution in [2.45, 2.75) is 25.3 Å². The molecule has 92 valence electrons. The molecule has 0 bridgehead atoms. The van der Waals surface area contributed by atoms with Crippen molar-refractivity contribution in [2.75, 3.05) is 12.4 Å². The van der Waals surface area contributed by atoms with Crippen LogP contribution in [0.15, 0.2) is 24.3 Å². The van der Waals surface area contributed by atoms with Gasteiger partial charge in [0.1, 0.15) is 11.3 Å². The lowest BCUT2D eigenvalue weighted by molar-refractivity contribution is -0.147. The molecule has 2 N–H and O–H groups in total. The smallest absolute Gasteiger partial charge is 0.329 e. The lowest BCUT2D eigenvalue weighted by Crippen LogP contribution is -2.55. The van der Waals surface area contributed by atoms with E-state index >= 15 is 0 Å². The highest BCUT2D eigenvalue weighted by atomic mass is 16.5. The minimum Gasteiger partial charge on any atom is -0.497 e. The zero-order chi connectivity index (χ0) is 12.5. The highest BCUT2D eigenvalue weighted by Crippen LogP contribution is 2.40. The zero-order valence-electron chi connectivity index (χ0n) is 10.1. The Hall–Kier alpha value is -1.71. The number of carboxylic acid groups (broad SMARTS) is 1. The van der Waals surface area contributed by atoms with Gasteiger partial charge in [-0.15, -0.1) is 0 Å². The number of anilines is 1. The van der Waals surface area contributed by atoms with Gasteiger partial charge in [0.15, 0.2) is 0 Å². The van der Waals surface area contributed by atoms with Gasteiger partial charge in [0.2, 0.25) is 0 Å². The molecule has 2 rings (SSSR count). The molecular weight excluding hydrogens is 218 g/mol. The van der Waals surface area contributed by atoms with Gasteiger partial charge in [-0.25, -0.2) is 4.79 Å². The van der Waals surface area contributed by atoms with Crippen molar-refractivity contribution < 1.29 is 14.6 Å². The van der Waals surface area contributed by atoms with E-state index in [9.17, 15) is 9.90 Å². The number of hydrogen-bond acceptors (Lipinski definition) is 3. The molecule has 4 nitrogen and oxygen atoms in total. The maximum Gasteiger partial charge on any atom is 0.329 e. The van der Waals surface area contributed by atoms with Gasteiger partial charge in [0.05, 0.1) is 7.11 Å². The molecule has 0 heterocycles. The van der Waals surface area contributed by atoms with E-state index in [2.05, 4.69) is 12.2 Å². The van der Waals surface area contributed by atoms with Crippen molar-refractivity contribution >= 4 is 11.7 Å². The van der Waals surface area contributed by atoms with E-state index in [0.717, 1.165) is 11.4 Å². The molecule has 17 heavy (non-hydrogen) atoms. The van der Waals surface area contributed by atoms with Crippen LogP contribution in [0.4, 0.5) is 5.69 Å². The third-order valence-corrected chi connectivity index (χ3v) is 3.28. The van der Waals surface area contributed by atoms with Crippen LogP contribution in [0.2, 0.25) is 0 Å². The summed E-state index contributed by atoms with van der Waals surface area (Å²) in [5.74, 6) is 0.463. The van der Waals surface area contributed by atoms with E-state index in [0.29, 0.717) is 18.8 Å². The molecule has 4 heteroatoms. The Morgan fingerprint density at radius 1 is 1.41 bits per heavy atom. The molecule has 1 aromatic rings. The van der Waals surface area contributed by atoms with Gasteiger partial charge in [-0.1, -0.05) is 6.92 Å². The predicted octanol–water partition coefficient (Wildman–Crippen LogP) is 2.36. The summed E-state index contributed by atoms with van der Waals surface area (Å²) in [5, 5.41) is 12.4. The predicted molar refractivity (Wildman–Crippen MR) is 65.4 cm³/mol. The van der Waals surface area contributed by atoms with Crippen LogP contribution in [-0.2, 0) is 4.79 Å². The second-order valence-corrected chi connectivity index (χ2v) is 4.75. The monoisotopic (exact) mass is 235 g/mol. The molecule has 1 fully saturated rings. The van der Waals surface area contributed by atoms with Crippen molar-refractivity contribution in [3.63, 3.8) is 0 Å². The fourth-order valence-electron chi connectivity index (χ4n) is 2.41. The SMILES string of the molecule is COc1ccc(NC2(C(=O)O)CC(C)C2)cc1. The summed E-state index contributed by atoms with van der Waals surface area (Å²) in [6, 6.07) is 7.32. The largest absolute Gasteiger partial charge is 0.497 e. The summed E-state index contributed by atoms with van der Waals surface area (Å²) < 4.78 is 5.06. The number of carboxylic acids is 1. The normalized spacial score (nSPS) is 27.1. The number of aliphatic carboxylic acids is 1. The number of benzene rings is 1. The highest BCUT2D eigenvalue weighted by molar-refractivity contribution is 5.84. The maximum atomic E-state index is 11.3. The molecule has 1 aliphatic carbocycles. The molecule has 0 amide bonds. The minimum absolute atomic E-state index is 0.469. The van der Waals surface area contributed by atoms with Gasteiger partial charge in [0, 0.05) is 5.69 Å². The summed E-state index contributed by atoms with van der Waals surface area (Å²) in [5.41, 5.74) is 0.0358. The minimum atomic E-state index is -0.784. The van der Waals surface area contributed by atoms with Crippen LogP contribution in [0.5, 0.6) is 5.75 Å². The van der Waals surface area contributed by atoms with Crippen molar-refractivity contribution in [3.05, 3.63) is 24.3 Å². The summed E-state index contributed by atoms with van der Waals surface area (Å²) in [6.07, 6.45) is 1.35. The van der Waals surface area contributed by atoms with Gasteiger partial charge in [-0.2, -0.15) is 0 Å². The first kappa shape index (κ1) is 11.8. The molecule has 1 aliphatic rings. The second-order valence-electron chi connectivity index (χ2n) is 4.75. The summed E-state index contributed by atoms with van der Waals surface area (Å²) in [6.45, 7) is 2.07. The molecule has 0 unspecified atom stereocenters. The summed E-state index contributed by atoms with van der Waals surface area (Å²) >= 11 is 0. The molecular formula is C13H17NO3. The van der Waals surface area contributed by atoms with Crippen LogP contribution in [0.25, 0.3) is 0 Å². The quantitative estimate of drug-likeness (QED) is 0.841. The first-order chi connectivity index (χ1) is 8.05. The van der Waals surface area contributed by atoms with Gasteiger partial charge in [0.25, 0.3) is 0 Å². The molecule has 0 radical (unpaired) electrons. The molecule has 1 aromatic carbocycles. The number of carbonyl (C=O) groups is 1. The van der Waals surface area contributed by atoms with E-state index in [1.165, 1.54) is 0 Å². The number of nitrogens with one attached hydrogen (secondary N) is 1. The van der Waals surface area contributed by atoms with E-state index in [-0.39, 0.29) is 0 Å². The third-order valence-electron chi connectivity index (χ3n) is 3.28. The number of methoxy groups -OCH3 is 1. The Morgan fingerprint density at radius 2 is 2.00 bits per heavy atom. The fourth-order valence-corrected chi connectivity index (χ4v) is 2.41. The van der Waals surface area contributed by atoms with E-state index in [1.54, 1.807) is 7.11 Å². The number of hydrogen-bond donors (Lipinski definition) is 2. The van der Waals surface area contributed by atoms with Crippen LogP contribution in [0.3, 0.4) is 0 Å². The Kier molecular flexibility index (Phi) is 2.96. The fraction of sp³-hybridized carbons (Fsp3) is 0.462. The Labute approximate surface area is 101 Å². The third kappa shape index (κ3) is 2.20. The highest BCUT2D eigenvalue weighted by Gasteiger charge is 2.48. The van der Waals surface area contributed by atoms with Crippen LogP contribution in [0.1, 0.15) is 19.8 Å². The Morgan fingerprint density at radius 3 is 2.41 bits per heavy atom. The first-order valence-corrected chi connectivity index (χ1v) is 5.71. The van der Waals surface area contributed by atoms with Crippen molar-refractivity contribution in [1.29, 1.82) is 0 Å². The second kappa shape index (κ2) is 4.28. The van der Waals surface area contributed by atoms with Crippen molar-refractivity contribution in [1.82, 2.24) is 0 Å². The standard InChI is InChI=1S/C13H17NO3/c1-9-7-13(8-9,12(15)16)14-10-3-5-11(17-2)6-4-10/h3-6,9,14H,7-8H2,1-2H3,(H,15,16). The van der Waals surface area contributed by atoms with Crippen LogP contribution in [-0.4, -0.2) is 23.7 Å². The van der Waals surface area contributed by atoms with E-state index in [4.69, 9.17) is 4.74 Å². The number of ether oxygens (including phenoxy) is 1. The molecule has 0 aliphatic heterocycles. The van der Waals surface area contributed by atoms with Gasteiger partial charge < -0.3 is 15.2 Å². The molecule has 1 saturated carbocycles. The summed E-state index contributed by atoms with van der Waals surface area (Å²) in [4.78, 5) is 11.3. The van der Waals surface area contributed by atoms with E-state index in [1.807, 2.05) is 24.3 Å². The molecule has 0 saturated heterocycles. The zero-order valence-corrected chi connectivity index (χ0v) is 10.1. The van der Waals surface area contributed by atoms with Crippen LogP contribution in [0, 0.1) is 5.92 Å². The van der Waals surface area contributed by atoms with E-state index < -0.39 is 11.5 Å². The van der Waals surface area contributed by atoms with Gasteiger partial charge >= 0.3 is 5.97 Å². The molecule has 0 atom stereocenters. The molecule has 0 spiro atoms. The van der Waals surface area contributed by atoms with Crippen molar-refractivity contribution in [3.8, 4) is 5.75 Å². The average molecular weight is 235 g/mol. The van der Waals surface area contributed by atoms with Gasteiger partial charge in [-0.05, 0) is 43.0 Å². The van der Waals surface area contributed by atoms with Crippen LogP contribution >= 0.6 is 0 Å². The summed E-state index contributed by atoms with van der Waals surface area (Å²) in [7, 11) is 1.61. The lowest BCUT2D eigenvalue weighted by Gasteiger charge is -2.44. The molecule has 0 aromatic heterocycles. The average Bonchev–Trinajstić information content (AvgIpc) is 2.27. The van der Waals surface area contributed by atoms with Gasteiger partial charge in [-0.3, -0.25) is 0 Å². The van der Waals surface area contributed by atoms with Crippen molar-refractivity contribution in [2.24, 2.45) is 5.92 Å². The lowest BCUT2D eigenvalue weighted by atomic mass is 9.69. The Balaban J connectivity index is 2.10. The maximum absolute atomic E-state index is 11.3. The first-order valence-electron chi connectivity index (χ1n) is 5.71. The Bertz CT molecular complexity index is 407. The topological polar surface area (TPSA) is 58.6 Å².